The summed E-state index contributed by atoms with van der Waals surface area (Å²) in [5.74, 6) is 5.10. The van der Waals surface area contributed by atoms with Gasteiger partial charge < -0.3 is 5.43 Å². The van der Waals surface area contributed by atoms with Crippen LogP contribution in [0.1, 0.15) is 10.4 Å². The predicted molar refractivity (Wildman–Crippen MR) is 81.8 cm³/mol. The molecule has 0 radical (unpaired) electrons. The zero-order chi connectivity index (χ0) is 13.9. The van der Waals surface area contributed by atoms with Crippen molar-refractivity contribution >= 4 is 38.3 Å². The fourth-order valence-electron chi connectivity index (χ4n) is 1.81. The van der Waals surface area contributed by atoms with Crippen molar-refractivity contribution in [2.75, 3.05) is 10.7 Å². The Hall–Kier alpha value is -2.44. The Morgan fingerprint density at radius 1 is 1.10 bits per heavy atom. The molecule has 1 heterocycles. The van der Waals surface area contributed by atoms with E-state index in [0.29, 0.717) is 10.7 Å². The van der Waals surface area contributed by atoms with E-state index in [1.54, 1.807) is 24.3 Å². The SMILES string of the molecule is NNc1ccc(C(=O)Nc2nc3ccccc3s2)cc1. The number of nitrogens with zero attached hydrogens (tertiary/aromatic N) is 1. The van der Waals surface area contributed by atoms with Crippen LogP contribution < -0.4 is 16.6 Å². The number of nitrogens with two attached hydrogens (primary N) is 1. The van der Waals surface area contributed by atoms with Crippen LogP contribution in [0.3, 0.4) is 0 Å². The molecule has 1 amide bonds. The highest BCUT2D eigenvalue weighted by atomic mass is 32.1. The maximum Gasteiger partial charge on any atom is 0.257 e. The topological polar surface area (TPSA) is 80.0 Å². The van der Waals surface area contributed by atoms with Crippen LogP contribution in [-0.2, 0) is 0 Å². The van der Waals surface area contributed by atoms with Crippen LogP contribution in [0.25, 0.3) is 10.2 Å². The number of fused-ring (bicyclic) bond motifs is 1. The lowest BCUT2D eigenvalue weighted by Gasteiger charge is -2.03. The minimum absolute atomic E-state index is 0.187. The Morgan fingerprint density at radius 3 is 2.55 bits per heavy atom. The van der Waals surface area contributed by atoms with Gasteiger partial charge in [0.2, 0.25) is 0 Å². The number of rotatable bonds is 3. The number of carbonyl (C=O) groups is 1. The molecule has 0 spiro atoms. The number of hydrazine groups is 1. The molecule has 0 saturated heterocycles. The quantitative estimate of drug-likeness (QED) is 0.510. The third kappa shape index (κ3) is 2.47. The zero-order valence-corrected chi connectivity index (χ0v) is 11.3. The van der Waals surface area contributed by atoms with Gasteiger partial charge in [0.1, 0.15) is 0 Å². The normalized spacial score (nSPS) is 10.4. The molecule has 0 saturated carbocycles. The van der Waals surface area contributed by atoms with Crippen LogP contribution >= 0.6 is 11.3 Å². The Balaban J connectivity index is 1.80. The first kappa shape index (κ1) is 12.6. The monoisotopic (exact) mass is 284 g/mol. The van der Waals surface area contributed by atoms with E-state index in [4.69, 9.17) is 5.84 Å². The van der Waals surface area contributed by atoms with E-state index in [2.05, 4.69) is 15.7 Å². The number of hydrogen-bond donors (Lipinski definition) is 3. The third-order valence-electron chi connectivity index (χ3n) is 2.83. The van der Waals surface area contributed by atoms with E-state index in [9.17, 15) is 4.79 Å². The number of anilines is 2. The molecule has 20 heavy (non-hydrogen) atoms. The summed E-state index contributed by atoms with van der Waals surface area (Å²) in [6, 6.07) is 14.7. The molecule has 5 nitrogen and oxygen atoms in total. The summed E-state index contributed by atoms with van der Waals surface area (Å²) in [4.78, 5) is 16.5. The molecule has 0 fully saturated rings. The largest absolute Gasteiger partial charge is 0.324 e. The van der Waals surface area contributed by atoms with E-state index in [-0.39, 0.29) is 5.91 Å². The van der Waals surface area contributed by atoms with Crippen molar-refractivity contribution in [3.63, 3.8) is 0 Å². The Kier molecular flexibility index (Phi) is 3.32. The van der Waals surface area contributed by atoms with Crippen LogP contribution in [0, 0.1) is 0 Å². The highest BCUT2D eigenvalue weighted by molar-refractivity contribution is 7.22. The summed E-state index contributed by atoms with van der Waals surface area (Å²) in [5.41, 5.74) is 4.71. The zero-order valence-electron chi connectivity index (χ0n) is 10.5. The highest BCUT2D eigenvalue weighted by Gasteiger charge is 2.09. The van der Waals surface area contributed by atoms with Gasteiger partial charge in [-0.15, -0.1) is 0 Å². The lowest BCUT2D eigenvalue weighted by molar-refractivity contribution is 0.102. The number of para-hydroxylation sites is 1. The van der Waals surface area contributed by atoms with E-state index in [1.807, 2.05) is 24.3 Å². The van der Waals surface area contributed by atoms with Crippen molar-refractivity contribution in [2.45, 2.75) is 0 Å². The Bertz CT molecular complexity index is 718. The third-order valence-corrected chi connectivity index (χ3v) is 3.78. The molecular weight excluding hydrogens is 272 g/mol. The molecule has 3 aromatic rings. The van der Waals surface area contributed by atoms with Crippen LogP contribution in [0.4, 0.5) is 10.8 Å². The number of nitrogen functional groups attached to an aromatic ring is 1. The van der Waals surface area contributed by atoms with E-state index >= 15 is 0 Å². The summed E-state index contributed by atoms with van der Waals surface area (Å²) in [6.45, 7) is 0. The second kappa shape index (κ2) is 5.28. The second-order valence-corrected chi connectivity index (χ2v) is 5.19. The molecule has 100 valence electrons. The number of hydrogen-bond acceptors (Lipinski definition) is 5. The first-order chi connectivity index (χ1) is 9.76. The molecule has 0 aliphatic carbocycles. The first-order valence-electron chi connectivity index (χ1n) is 6.00. The minimum Gasteiger partial charge on any atom is -0.324 e. The molecule has 1 aromatic heterocycles. The van der Waals surface area contributed by atoms with Crippen molar-refractivity contribution < 1.29 is 4.79 Å². The molecule has 0 bridgehead atoms. The molecule has 3 rings (SSSR count). The average Bonchev–Trinajstić information content (AvgIpc) is 2.89. The van der Waals surface area contributed by atoms with Crippen LogP contribution in [0.15, 0.2) is 48.5 Å². The van der Waals surface area contributed by atoms with Crippen molar-refractivity contribution in [1.82, 2.24) is 4.98 Å². The Labute approximate surface area is 119 Å². The predicted octanol–water partition coefficient (Wildman–Crippen LogP) is 2.83. The van der Waals surface area contributed by atoms with Gasteiger partial charge in [0.05, 0.1) is 10.2 Å². The van der Waals surface area contributed by atoms with Gasteiger partial charge >= 0.3 is 0 Å². The van der Waals surface area contributed by atoms with Gasteiger partial charge in [-0.2, -0.15) is 0 Å². The molecular formula is C14H12N4OS. The van der Waals surface area contributed by atoms with E-state index in [1.165, 1.54) is 11.3 Å². The fourth-order valence-corrected chi connectivity index (χ4v) is 2.67. The van der Waals surface area contributed by atoms with E-state index in [0.717, 1.165) is 15.9 Å². The molecule has 0 aliphatic rings. The summed E-state index contributed by atoms with van der Waals surface area (Å²) in [6.07, 6.45) is 0. The highest BCUT2D eigenvalue weighted by Crippen LogP contribution is 2.25. The summed E-state index contributed by atoms with van der Waals surface area (Å²) in [5, 5.41) is 3.40. The first-order valence-corrected chi connectivity index (χ1v) is 6.81. The Morgan fingerprint density at radius 2 is 1.85 bits per heavy atom. The summed E-state index contributed by atoms with van der Waals surface area (Å²) >= 11 is 1.45. The summed E-state index contributed by atoms with van der Waals surface area (Å²) < 4.78 is 1.05. The number of nitrogens with one attached hydrogen (secondary N) is 2. The van der Waals surface area contributed by atoms with Gasteiger partial charge in [-0.05, 0) is 36.4 Å². The standard InChI is InChI=1S/C14H12N4OS/c15-18-10-7-5-9(6-8-10)13(19)17-14-16-11-3-1-2-4-12(11)20-14/h1-8,18H,15H2,(H,16,17,19). The lowest BCUT2D eigenvalue weighted by atomic mass is 10.2. The number of thiazole rings is 1. The molecule has 6 heteroatoms. The average molecular weight is 284 g/mol. The lowest BCUT2D eigenvalue weighted by Crippen LogP contribution is -2.12. The summed E-state index contributed by atoms with van der Waals surface area (Å²) in [7, 11) is 0. The van der Waals surface area contributed by atoms with Gasteiger partial charge in [-0.3, -0.25) is 16.0 Å². The number of amides is 1. The van der Waals surface area contributed by atoms with Gasteiger partial charge in [-0.25, -0.2) is 4.98 Å². The maximum atomic E-state index is 12.1. The molecule has 2 aromatic carbocycles. The van der Waals surface area contributed by atoms with E-state index < -0.39 is 0 Å². The minimum atomic E-state index is -0.187. The smallest absolute Gasteiger partial charge is 0.257 e. The number of carbonyl (C=O) groups excluding carboxylic acids is 1. The number of benzene rings is 2. The molecule has 0 aliphatic heterocycles. The van der Waals surface area contributed by atoms with Gasteiger partial charge in [0.15, 0.2) is 5.13 Å². The molecule has 0 unspecified atom stereocenters. The van der Waals surface area contributed by atoms with Gasteiger partial charge in [0, 0.05) is 11.3 Å². The van der Waals surface area contributed by atoms with Crippen molar-refractivity contribution in [3.05, 3.63) is 54.1 Å². The molecule has 0 atom stereocenters. The van der Waals surface area contributed by atoms with Gasteiger partial charge in [-0.1, -0.05) is 23.5 Å². The molecule has 4 N–H and O–H groups in total. The number of aromatic nitrogens is 1. The van der Waals surface area contributed by atoms with Crippen molar-refractivity contribution in [3.8, 4) is 0 Å². The van der Waals surface area contributed by atoms with Gasteiger partial charge in [0.25, 0.3) is 5.91 Å². The van der Waals surface area contributed by atoms with Crippen LogP contribution in [-0.4, -0.2) is 10.9 Å². The van der Waals surface area contributed by atoms with Crippen LogP contribution in [0.2, 0.25) is 0 Å². The van der Waals surface area contributed by atoms with Crippen molar-refractivity contribution in [1.29, 1.82) is 0 Å². The van der Waals surface area contributed by atoms with Crippen molar-refractivity contribution in [2.24, 2.45) is 5.84 Å². The van der Waals surface area contributed by atoms with Crippen LogP contribution in [0.5, 0.6) is 0 Å². The fraction of sp³-hybridized carbons (Fsp3) is 0. The maximum absolute atomic E-state index is 12.1. The second-order valence-electron chi connectivity index (χ2n) is 4.16.